The molecule has 40 valence electrons. The molecule has 0 bridgehead atoms. The number of hydrazone groups is 1. The topological polar surface area (TPSA) is 58.7 Å². The monoisotopic (exact) mass is 119 g/mol. The summed E-state index contributed by atoms with van der Waals surface area (Å²) in [5, 5.41) is 3.06. The zero-order chi connectivity index (χ0) is 5.86. The van der Waals surface area contributed by atoms with Crippen LogP contribution in [0, 0.1) is 0 Å². The number of thiol groups is 1. The first-order chi connectivity index (χ1) is 3.18. The van der Waals surface area contributed by atoms with E-state index in [0.29, 0.717) is 4.41 Å². The standard InChI is InChI=1S/C2H5N3OS/c1-4-5(7)2(3)6/h7H,1H2,(H2,3,6). The Balaban J connectivity index is 3.55. The highest BCUT2D eigenvalue weighted by Gasteiger charge is 1.95. The molecule has 0 radical (unpaired) electrons. The van der Waals surface area contributed by atoms with Crippen LogP contribution in [0.15, 0.2) is 5.10 Å². The molecule has 0 atom stereocenters. The largest absolute Gasteiger partial charge is 0.349 e. The third kappa shape index (κ3) is 2.05. The molecule has 0 heterocycles. The normalized spacial score (nSPS) is 7.57. The molecule has 5 heteroatoms. The number of hydrogen-bond donors (Lipinski definition) is 2. The molecular weight excluding hydrogens is 114 g/mol. The molecule has 7 heavy (non-hydrogen) atoms. The van der Waals surface area contributed by atoms with Crippen LogP contribution in [0.3, 0.4) is 0 Å². The molecule has 0 saturated carbocycles. The van der Waals surface area contributed by atoms with Gasteiger partial charge in [0.2, 0.25) is 0 Å². The molecule has 4 nitrogen and oxygen atoms in total. The minimum atomic E-state index is -0.738. The van der Waals surface area contributed by atoms with Gasteiger partial charge in [-0.2, -0.15) is 9.52 Å². The Hall–Kier alpha value is -0.710. The van der Waals surface area contributed by atoms with Crippen molar-refractivity contribution in [3.05, 3.63) is 0 Å². The van der Waals surface area contributed by atoms with Gasteiger partial charge >= 0.3 is 6.03 Å². The first-order valence-electron chi connectivity index (χ1n) is 1.43. The van der Waals surface area contributed by atoms with Gasteiger partial charge in [-0.1, -0.05) is 0 Å². The van der Waals surface area contributed by atoms with Gasteiger partial charge in [0, 0.05) is 6.72 Å². The van der Waals surface area contributed by atoms with Crippen LogP contribution < -0.4 is 5.73 Å². The average Bonchev–Trinajstić information content (AvgIpc) is 1.65. The molecular formula is C2H5N3OS. The predicted octanol–water partition coefficient (Wildman–Crippen LogP) is -0.172. The molecule has 0 saturated heterocycles. The van der Waals surface area contributed by atoms with Gasteiger partial charge < -0.3 is 5.73 Å². The van der Waals surface area contributed by atoms with Crippen molar-refractivity contribution >= 4 is 25.6 Å². The first kappa shape index (κ1) is 6.29. The summed E-state index contributed by atoms with van der Waals surface area (Å²) in [4.78, 5) is 9.87. The third-order valence-corrected chi connectivity index (χ3v) is 0.655. The molecule has 2 amide bonds. The highest BCUT2D eigenvalue weighted by atomic mass is 32.1. The third-order valence-electron chi connectivity index (χ3n) is 0.331. The van der Waals surface area contributed by atoms with Crippen LogP contribution in [-0.4, -0.2) is 17.2 Å². The Morgan fingerprint density at radius 1 is 2.00 bits per heavy atom. The molecule has 0 aromatic rings. The summed E-state index contributed by atoms with van der Waals surface area (Å²) < 4.78 is 0.639. The van der Waals surface area contributed by atoms with Crippen LogP contribution in [0.25, 0.3) is 0 Å². The lowest BCUT2D eigenvalue weighted by Gasteiger charge is -1.99. The van der Waals surface area contributed by atoms with Crippen molar-refractivity contribution in [1.29, 1.82) is 0 Å². The van der Waals surface area contributed by atoms with Crippen molar-refractivity contribution in [2.75, 3.05) is 0 Å². The highest BCUT2D eigenvalue weighted by Crippen LogP contribution is 1.88. The molecule has 0 aliphatic heterocycles. The number of amides is 2. The molecule has 0 aliphatic carbocycles. The first-order valence-corrected chi connectivity index (χ1v) is 1.83. The second-order valence-electron chi connectivity index (χ2n) is 0.769. The lowest BCUT2D eigenvalue weighted by molar-refractivity contribution is 0.236. The fraction of sp³-hybridized carbons (Fsp3) is 0. The van der Waals surface area contributed by atoms with Crippen molar-refractivity contribution in [2.45, 2.75) is 0 Å². The summed E-state index contributed by atoms with van der Waals surface area (Å²) in [6.45, 7) is 2.98. The van der Waals surface area contributed by atoms with E-state index in [1.54, 1.807) is 0 Å². The fourth-order valence-electron chi connectivity index (χ4n) is 0.0697. The molecule has 0 aromatic carbocycles. The number of carbonyl (C=O) groups is 1. The van der Waals surface area contributed by atoms with Gasteiger partial charge in [-0.05, 0) is 12.8 Å². The van der Waals surface area contributed by atoms with E-state index < -0.39 is 6.03 Å². The lowest BCUT2D eigenvalue weighted by atomic mass is 11.1. The number of hydrogen-bond acceptors (Lipinski definition) is 3. The molecule has 0 unspecified atom stereocenters. The SMILES string of the molecule is C=NN(S)C(N)=O. The Morgan fingerprint density at radius 3 is 2.43 bits per heavy atom. The van der Waals surface area contributed by atoms with Crippen molar-refractivity contribution in [2.24, 2.45) is 10.8 Å². The number of urea groups is 1. The maximum Gasteiger partial charge on any atom is 0.345 e. The van der Waals surface area contributed by atoms with Crippen molar-refractivity contribution < 1.29 is 4.79 Å². The number of nitrogens with zero attached hydrogens (tertiary/aromatic N) is 2. The van der Waals surface area contributed by atoms with Crippen LogP contribution in [0.5, 0.6) is 0 Å². The van der Waals surface area contributed by atoms with Gasteiger partial charge in [-0.25, -0.2) is 4.79 Å². The lowest BCUT2D eigenvalue weighted by Crippen LogP contribution is -2.22. The molecule has 2 N–H and O–H groups in total. The minimum absolute atomic E-state index is 0.639. The van der Waals surface area contributed by atoms with Crippen LogP contribution in [0.4, 0.5) is 4.79 Å². The summed E-state index contributed by atoms with van der Waals surface area (Å²) in [5.41, 5.74) is 4.62. The zero-order valence-corrected chi connectivity index (χ0v) is 4.43. The number of rotatable bonds is 1. The van der Waals surface area contributed by atoms with Gasteiger partial charge in [-0.3, -0.25) is 0 Å². The maximum atomic E-state index is 9.87. The Labute approximate surface area is 46.5 Å². The van der Waals surface area contributed by atoms with Crippen LogP contribution in [0.2, 0.25) is 0 Å². The van der Waals surface area contributed by atoms with E-state index in [9.17, 15) is 4.79 Å². The second-order valence-corrected chi connectivity index (χ2v) is 1.15. The van der Waals surface area contributed by atoms with E-state index in [4.69, 9.17) is 0 Å². The van der Waals surface area contributed by atoms with E-state index in [-0.39, 0.29) is 0 Å². The fourth-order valence-corrected chi connectivity index (χ4v) is 0.0697. The summed E-state index contributed by atoms with van der Waals surface area (Å²) in [6, 6.07) is -0.738. The van der Waals surface area contributed by atoms with Gasteiger partial charge in [-0.15, -0.1) is 0 Å². The van der Waals surface area contributed by atoms with E-state index in [0.717, 1.165) is 0 Å². The van der Waals surface area contributed by atoms with Gasteiger partial charge in [0.1, 0.15) is 0 Å². The molecule has 0 rings (SSSR count). The van der Waals surface area contributed by atoms with E-state index in [1.807, 2.05) is 0 Å². The van der Waals surface area contributed by atoms with Crippen LogP contribution >= 0.6 is 12.8 Å². The summed E-state index contributed by atoms with van der Waals surface area (Å²) in [6.07, 6.45) is 0. The molecule has 0 spiro atoms. The molecule has 0 aliphatic rings. The molecule has 0 fully saturated rings. The van der Waals surface area contributed by atoms with Gasteiger partial charge in [0.25, 0.3) is 0 Å². The summed E-state index contributed by atoms with van der Waals surface area (Å²) in [7, 11) is 0. The molecule has 0 aromatic heterocycles. The smallest absolute Gasteiger partial charge is 0.345 e. The van der Waals surface area contributed by atoms with Crippen molar-refractivity contribution in [1.82, 2.24) is 4.41 Å². The zero-order valence-electron chi connectivity index (χ0n) is 3.53. The predicted molar refractivity (Wildman–Crippen MR) is 30.0 cm³/mol. The number of nitrogens with two attached hydrogens (primary N) is 1. The Morgan fingerprint density at radius 2 is 2.43 bits per heavy atom. The Kier molecular flexibility index (Phi) is 2.21. The maximum absolute atomic E-state index is 9.87. The van der Waals surface area contributed by atoms with Gasteiger partial charge in [0.05, 0.1) is 0 Å². The second kappa shape index (κ2) is 2.46. The Bertz CT molecular complexity index is 92.9. The van der Waals surface area contributed by atoms with E-state index in [1.165, 1.54) is 0 Å². The van der Waals surface area contributed by atoms with Crippen molar-refractivity contribution in [3.63, 3.8) is 0 Å². The van der Waals surface area contributed by atoms with Crippen molar-refractivity contribution in [3.8, 4) is 0 Å². The minimum Gasteiger partial charge on any atom is -0.349 e. The van der Waals surface area contributed by atoms with Gasteiger partial charge in [0.15, 0.2) is 0 Å². The van der Waals surface area contributed by atoms with Crippen LogP contribution in [0.1, 0.15) is 0 Å². The number of carbonyl (C=O) groups excluding carboxylic acids is 1. The summed E-state index contributed by atoms with van der Waals surface area (Å²) in [5.74, 6) is 0. The number of primary amides is 1. The average molecular weight is 119 g/mol. The van der Waals surface area contributed by atoms with E-state index >= 15 is 0 Å². The summed E-state index contributed by atoms with van der Waals surface area (Å²) >= 11 is 3.45. The highest BCUT2D eigenvalue weighted by molar-refractivity contribution is 7.78. The van der Waals surface area contributed by atoms with E-state index in [2.05, 4.69) is 30.4 Å². The van der Waals surface area contributed by atoms with Crippen LogP contribution in [-0.2, 0) is 0 Å². The quantitative estimate of drug-likeness (QED) is 0.281.